The summed E-state index contributed by atoms with van der Waals surface area (Å²) in [5.74, 6) is -1.05. The molecule has 268 valence electrons. The van der Waals surface area contributed by atoms with Crippen molar-refractivity contribution in [3.05, 3.63) is 36.5 Å². The summed E-state index contributed by atoms with van der Waals surface area (Å²) in [5, 5.41) is 19.0. The molecule has 3 unspecified atom stereocenters. The number of ether oxygens (including phenoxy) is 2. The van der Waals surface area contributed by atoms with Crippen molar-refractivity contribution in [3.63, 3.8) is 0 Å². The summed E-state index contributed by atoms with van der Waals surface area (Å²) in [6.07, 6.45) is 28.5. The molecule has 0 heterocycles. The van der Waals surface area contributed by atoms with E-state index in [1.54, 1.807) is 0 Å². The molecule has 0 aliphatic heterocycles. The first kappa shape index (κ1) is 44.2. The third-order valence-corrected chi connectivity index (χ3v) is 8.07. The molecule has 11 heteroatoms. The van der Waals surface area contributed by atoms with E-state index < -0.39 is 58.4 Å². The molecular weight excluding hydrogens is 611 g/mol. The zero-order chi connectivity index (χ0) is 34.1. The SMILES string of the molecule is CC/C=C\C/C=C\C/C=C\CCCCCC(=O)OC(CO)COP(=O)(O)OCC(CO)OC(=O)CCCCCCCCCCCC. The van der Waals surface area contributed by atoms with E-state index in [4.69, 9.17) is 18.5 Å². The maximum Gasteiger partial charge on any atom is 0.472 e. The average Bonchev–Trinajstić information content (AvgIpc) is 3.04. The minimum Gasteiger partial charge on any atom is -0.457 e. The molecule has 0 aromatic heterocycles. The molecule has 0 spiro atoms. The van der Waals surface area contributed by atoms with Crippen LogP contribution in [-0.2, 0) is 32.7 Å². The average molecular weight is 675 g/mol. The molecule has 0 amide bonds. The number of esters is 2. The molecule has 46 heavy (non-hydrogen) atoms. The predicted molar refractivity (Wildman–Crippen MR) is 182 cm³/mol. The number of aliphatic hydroxyl groups excluding tert-OH is 2. The van der Waals surface area contributed by atoms with Gasteiger partial charge in [-0.05, 0) is 44.9 Å². The van der Waals surface area contributed by atoms with Crippen LogP contribution in [0, 0.1) is 0 Å². The van der Waals surface area contributed by atoms with E-state index in [9.17, 15) is 29.3 Å². The second kappa shape index (κ2) is 31.8. The molecule has 0 saturated heterocycles. The third kappa shape index (κ3) is 29.6. The second-order valence-corrected chi connectivity index (χ2v) is 12.9. The normalized spacial score (nSPS) is 14.6. The number of carbonyl (C=O) groups excluding carboxylic acids is 2. The van der Waals surface area contributed by atoms with Crippen LogP contribution in [0.4, 0.5) is 0 Å². The van der Waals surface area contributed by atoms with Crippen LogP contribution in [0.5, 0.6) is 0 Å². The zero-order valence-electron chi connectivity index (χ0n) is 28.5. The van der Waals surface area contributed by atoms with Crippen molar-refractivity contribution in [2.75, 3.05) is 26.4 Å². The number of hydrogen-bond donors (Lipinski definition) is 3. The largest absolute Gasteiger partial charge is 0.472 e. The van der Waals surface area contributed by atoms with Crippen LogP contribution >= 0.6 is 7.82 Å². The van der Waals surface area contributed by atoms with E-state index >= 15 is 0 Å². The first-order valence-electron chi connectivity index (χ1n) is 17.4. The van der Waals surface area contributed by atoms with Crippen molar-refractivity contribution in [1.29, 1.82) is 0 Å². The second-order valence-electron chi connectivity index (χ2n) is 11.5. The van der Waals surface area contributed by atoms with Gasteiger partial charge in [-0.2, -0.15) is 0 Å². The van der Waals surface area contributed by atoms with Crippen LogP contribution in [0.1, 0.15) is 136 Å². The molecule has 0 fully saturated rings. The van der Waals surface area contributed by atoms with Crippen molar-refractivity contribution in [2.24, 2.45) is 0 Å². The molecule has 0 aromatic rings. The number of rotatable bonds is 32. The molecule has 0 bridgehead atoms. The number of allylic oxidation sites excluding steroid dienone is 6. The first-order chi connectivity index (χ1) is 22.3. The van der Waals surface area contributed by atoms with Gasteiger partial charge >= 0.3 is 19.8 Å². The van der Waals surface area contributed by atoms with Crippen LogP contribution in [0.15, 0.2) is 36.5 Å². The molecule has 3 N–H and O–H groups in total. The summed E-state index contributed by atoms with van der Waals surface area (Å²) >= 11 is 0. The number of hydrogen-bond acceptors (Lipinski definition) is 9. The van der Waals surface area contributed by atoms with Crippen LogP contribution in [-0.4, -0.2) is 65.7 Å². The van der Waals surface area contributed by atoms with E-state index in [0.717, 1.165) is 57.8 Å². The maximum absolute atomic E-state index is 12.3. The van der Waals surface area contributed by atoms with Gasteiger partial charge in [-0.1, -0.05) is 115 Å². The van der Waals surface area contributed by atoms with Gasteiger partial charge in [-0.25, -0.2) is 4.57 Å². The highest BCUT2D eigenvalue weighted by molar-refractivity contribution is 7.47. The fraction of sp³-hybridized carbons (Fsp3) is 0.771. The standard InChI is InChI=1S/C35H63O10P/c1-3-5-7-9-11-13-15-16-17-19-21-23-25-27-35(39)45-33(29-37)31-43-46(40,41)42-30-32(28-36)44-34(38)26-24-22-20-18-14-12-10-8-6-4-2/h5,7,11,13,16-17,32-33,36-37H,3-4,6,8-10,12,14-15,18-31H2,1-2H3,(H,40,41)/b7-5-,13-11-,17-16-. The Hall–Kier alpha value is -1.81. The van der Waals surface area contributed by atoms with Crippen LogP contribution in [0.2, 0.25) is 0 Å². The fourth-order valence-electron chi connectivity index (χ4n) is 4.42. The minimum atomic E-state index is -4.63. The van der Waals surface area contributed by atoms with Gasteiger partial charge in [0.15, 0.2) is 0 Å². The summed E-state index contributed by atoms with van der Waals surface area (Å²) in [4.78, 5) is 34.2. The van der Waals surface area contributed by atoms with E-state index in [0.29, 0.717) is 12.8 Å². The maximum atomic E-state index is 12.3. The number of unbranched alkanes of at least 4 members (excludes halogenated alkanes) is 12. The summed E-state index contributed by atoms with van der Waals surface area (Å²) in [6, 6.07) is 0. The molecule has 0 radical (unpaired) electrons. The van der Waals surface area contributed by atoms with Crippen molar-refractivity contribution >= 4 is 19.8 Å². The quantitative estimate of drug-likeness (QED) is 0.0277. The lowest BCUT2D eigenvalue weighted by atomic mass is 10.1. The Morgan fingerprint density at radius 1 is 0.609 bits per heavy atom. The Labute approximate surface area is 278 Å². The minimum absolute atomic E-state index is 0.157. The zero-order valence-corrected chi connectivity index (χ0v) is 29.4. The van der Waals surface area contributed by atoms with Gasteiger partial charge in [0.2, 0.25) is 0 Å². The summed E-state index contributed by atoms with van der Waals surface area (Å²) in [5.41, 5.74) is 0. The fourth-order valence-corrected chi connectivity index (χ4v) is 5.21. The lowest BCUT2D eigenvalue weighted by Crippen LogP contribution is -2.28. The summed E-state index contributed by atoms with van der Waals surface area (Å²) in [7, 11) is -4.63. The van der Waals surface area contributed by atoms with Crippen molar-refractivity contribution in [1.82, 2.24) is 0 Å². The molecular formula is C35H63O10P. The van der Waals surface area contributed by atoms with E-state index in [1.165, 1.54) is 38.5 Å². The molecule has 0 saturated carbocycles. The topological polar surface area (TPSA) is 149 Å². The Kier molecular flexibility index (Phi) is 30.5. The van der Waals surface area contributed by atoms with Crippen molar-refractivity contribution in [3.8, 4) is 0 Å². The van der Waals surface area contributed by atoms with Gasteiger partial charge in [0, 0.05) is 12.8 Å². The Morgan fingerprint density at radius 3 is 1.48 bits per heavy atom. The van der Waals surface area contributed by atoms with Crippen LogP contribution < -0.4 is 0 Å². The lowest BCUT2D eigenvalue weighted by molar-refractivity contribution is -0.153. The smallest absolute Gasteiger partial charge is 0.457 e. The third-order valence-electron chi connectivity index (χ3n) is 7.12. The number of phosphoric acid groups is 1. The predicted octanol–water partition coefficient (Wildman–Crippen LogP) is 8.05. The molecule has 0 aliphatic rings. The molecule has 10 nitrogen and oxygen atoms in total. The molecule has 0 rings (SSSR count). The first-order valence-corrected chi connectivity index (χ1v) is 18.9. The monoisotopic (exact) mass is 674 g/mol. The van der Waals surface area contributed by atoms with Crippen molar-refractivity contribution < 1.29 is 47.8 Å². The van der Waals surface area contributed by atoms with Crippen molar-refractivity contribution in [2.45, 2.75) is 148 Å². The number of phosphoric ester groups is 1. The summed E-state index contributed by atoms with van der Waals surface area (Å²) in [6.45, 7) is 2.00. The Balaban J connectivity index is 4.08. The van der Waals surface area contributed by atoms with Crippen LogP contribution in [0.25, 0.3) is 0 Å². The molecule has 3 atom stereocenters. The Morgan fingerprint density at radius 2 is 1.02 bits per heavy atom. The summed E-state index contributed by atoms with van der Waals surface area (Å²) < 4.78 is 32.3. The molecule has 0 aliphatic carbocycles. The molecule has 0 aromatic carbocycles. The number of carbonyl (C=O) groups is 2. The van der Waals surface area contributed by atoms with Gasteiger partial charge in [-0.3, -0.25) is 18.6 Å². The van der Waals surface area contributed by atoms with E-state index in [-0.39, 0.29) is 12.8 Å². The van der Waals surface area contributed by atoms with Crippen LogP contribution in [0.3, 0.4) is 0 Å². The lowest BCUT2D eigenvalue weighted by Gasteiger charge is -2.20. The van der Waals surface area contributed by atoms with Gasteiger partial charge in [0.1, 0.15) is 12.2 Å². The highest BCUT2D eigenvalue weighted by Crippen LogP contribution is 2.43. The highest BCUT2D eigenvalue weighted by Gasteiger charge is 2.27. The van der Waals surface area contributed by atoms with Gasteiger partial charge < -0.3 is 24.6 Å². The van der Waals surface area contributed by atoms with E-state index in [2.05, 4.69) is 50.3 Å². The highest BCUT2D eigenvalue weighted by atomic mass is 31.2. The van der Waals surface area contributed by atoms with Gasteiger partial charge in [0.05, 0.1) is 26.4 Å². The number of aliphatic hydroxyl groups is 2. The van der Waals surface area contributed by atoms with E-state index in [1.807, 2.05) is 0 Å². The van der Waals surface area contributed by atoms with Gasteiger partial charge in [0.25, 0.3) is 0 Å². The van der Waals surface area contributed by atoms with Gasteiger partial charge in [-0.15, -0.1) is 0 Å². The Bertz CT molecular complexity index is 873.